The van der Waals surface area contributed by atoms with Crippen molar-refractivity contribution in [3.63, 3.8) is 0 Å². The highest BCUT2D eigenvalue weighted by Crippen LogP contribution is 2.19. The lowest BCUT2D eigenvalue weighted by atomic mass is 10.2. The third-order valence-electron chi connectivity index (χ3n) is 3.74. The number of nitrogens with zero attached hydrogens (tertiary/aromatic N) is 3. The summed E-state index contributed by atoms with van der Waals surface area (Å²) in [5.41, 5.74) is 9.19. The van der Waals surface area contributed by atoms with Crippen molar-refractivity contribution in [2.24, 2.45) is 0 Å². The Hall–Kier alpha value is -2.07. The number of benzene rings is 1. The van der Waals surface area contributed by atoms with E-state index in [9.17, 15) is 0 Å². The molecule has 1 fully saturated rings. The number of hydrogen-bond acceptors (Lipinski definition) is 4. The Morgan fingerprint density at radius 1 is 1.05 bits per heavy atom. The lowest BCUT2D eigenvalue weighted by Gasteiger charge is -2.36. The van der Waals surface area contributed by atoms with E-state index in [1.165, 1.54) is 11.3 Å². The summed E-state index contributed by atoms with van der Waals surface area (Å²) in [6, 6.07) is 12.3. The summed E-state index contributed by atoms with van der Waals surface area (Å²) in [6.45, 7) is 5.22. The molecule has 3 rings (SSSR count). The maximum atomic E-state index is 5.85. The number of hydrogen-bond donors (Lipinski definition) is 1. The van der Waals surface area contributed by atoms with Crippen LogP contribution in [0.15, 0.2) is 48.8 Å². The molecule has 0 aliphatic carbocycles. The van der Waals surface area contributed by atoms with Crippen molar-refractivity contribution in [2.45, 2.75) is 6.54 Å². The SMILES string of the molecule is Nc1cccc(N2CCN(Cc3cccnc3)CC2)c1. The van der Waals surface area contributed by atoms with Gasteiger partial charge < -0.3 is 10.6 Å². The summed E-state index contributed by atoms with van der Waals surface area (Å²) in [5.74, 6) is 0. The maximum absolute atomic E-state index is 5.85. The largest absolute Gasteiger partial charge is 0.399 e. The first-order chi connectivity index (χ1) is 9.81. The van der Waals surface area contributed by atoms with Gasteiger partial charge in [-0.3, -0.25) is 9.88 Å². The monoisotopic (exact) mass is 268 g/mol. The van der Waals surface area contributed by atoms with Crippen LogP contribution in [0.1, 0.15) is 5.56 Å². The van der Waals surface area contributed by atoms with Gasteiger partial charge in [0, 0.05) is 56.5 Å². The highest BCUT2D eigenvalue weighted by molar-refractivity contribution is 5.56. The number of nitrogens with two attached hydrogens (primary N) is 1. The molecule has 0 amide bonds. The van der Waals surface area contributed by atoms with Crippen molar-refractivity contribution in [1.29, 1.82) is 0 Å². The van der Waals surface area contributed by atoms with Crippen LogP contribution >= 0.6 is 0 Å². The molecule has 20 heavy (non-hydrogen) atoms. The minimum atomic E-state index is 0.834. The Labute approximate surface area is 119 Å². The van der Waals surface area contributed by atoms with E-state index in [4.69, 9.17) is 5.73 Å². The Bertz CT molecular complexity index is 547. The molecule has 0 unspecified atom stereocenters. The summed E-state index contributed by atoms with van der Waals surface area (Å²) < 4.78 is 0. The molecule has 0 saturated carbocycles. The third-order valence-corrected chi connectivity index (χ3v) is 3.74. The quantitative estimate of drug-likeness (QED) is 0.865. The van der Waals surface area contributed by atoms with Crippen molar-refractivity contribution in [3.8, 4) is 0 Å². The first-order valence-corrected chi connectivity index (χ1v) is 7.03. The van der Waals surface area contributed by atoms with Gasteiger partial charge in [0.1, 0.15) is 0 Å². The van der Waals surface area contributed by atoms with E-state index in [-0.39, 0.29) is 0 Å². The molecular weight excluding hydrogens is 248 g/mol. The van der Waals surface area contributed by atoms with Crippen LogP contribution in [-0.2, 0) is 6.54 Å². The van der Waals surface area contributed by atoms with E-state index < -0.39 is 0 Å². The molecule has 2 N–H and O–H groups in total. The Balaban J connectivity index is 1.57. The number of piperazine rings is 1. The Morgan fingerprint density at radius 2 is 1.90 bits per heavy atom. The van der Waals surface area contributed by atoms with Crippen LogP contribution in [0, 0.1) is 0 Å². The fourth-order valence-corrected chi connectivity index (χ4v) is 2.64. The molecule has 0 spiro atoms. The van der Waals surface area contributed by atoms with E-state index in [0.717, 1.165) is 38.4 Å². The van der Waals surface area contributed by atoms with E-state index in [1.807, 2.05) is 30.6 Å². The van der Waals surface area contributed by atoms with Crippen LogP contribution in [-0.4, -0.2) is 36.1 Å². The number of rotatable bonds is 3. The molecule has 0 bridgehead atoms. The van der Waals surface area contributed by atoms with Crippen molar-refractivity contribution in [1.82, 2.24) is 9.88 Å². The summed E-state index contributed by atoms with van der Waals surface area (Å²) in [6.07, 6.45) is 3.77. The fourth-order valence-electron chi connectivity index (χ4n) is 2.64. The summed E-state index contributed by atoms with van der Waals surface area (Å²) >= 11 is 0. The molecular formula is C16H20N4. The highest BCUT2D eigenvalue weighted by Gasteiger charge is 2.17. The highest BCUT2D eigenvalue weighted by atomic mass is 15.3. The van der Waals surface area contributed by atoms with Gasteiger partial charge in [-0.15, -0.1) is 0 Å². The summed E-state index contributed by atoms with van der Waals surface area (Å²) in [7, 11) is 0. The zero-order valence-corrected chi connectivity index (χ0v) is 11.6. The molecule has 1 aliphatic heterocycles. The summed E-state index contributed by atoms with van der Waals surface area (Å²) in [5, 5.41) is 0. The Morgan fingerprint density at radius 3 is 2.60 bits per heavy atom. The topological polar surface area (TPSA) is 45.4 Å². The Kier molecular flexibility index (Phi) is 3.83. The molecule has 1 aromatic carbocycles. The third kappa shape index (κ3) is 3.08. The molecule has 1 aromatic heterocycles. The number of nitrogen functional groups attached to an aromatic ring is 1. The molecule has 2 heterocycles. The van der Waals surface area contributed by atoms with Crippen LogP contribution in [0.2, 0.25) is 0 Å². The predicted molar refractivity (Wildman–Crippen MR) is 82.6 cm³/mol. The van der Waals surface area contributed by atoms with Gasteiger partial charge in [-0.05, 0) is 29.8 Å². The van der Waals surface area contributed by atoms with Gasteiger partial charge in [-0.2, -0.15) is 0 Å². The van der Waals surface area contributed by atoms with Crippen molar-refractivity contribution < 1.29 is 0 Å². The van der Waals surface area contributed by atoms with Crippen LogP contribution in [0.4, 0.5) is 11.4 Å². The second-order valence-electron chi connectivity index (χ2n) is 5.22. The van der Waals surface area contributed by atoms with Gasteiger partial charge >= 0.3 is 0 Å². The molecule has 1 aliphatic rings. The fraction of sp³-hybridized carbons (Fsp3) is 0.312. The molecule has 4 nitrogen and oxygen atoms in total. The summed E-state index contributed by atoms with van der Waals surface area (Å²) in [4.78, 5) is 9.04. The zero-order chi connectivity index (χ0) is 13.8. The molecule has 4 heteroatoms. The standard InChI is InChI=1S/C16H20N4/c17-15-4-1-5-16(11-15)20-9-7-19(8-10-20)13-14-3-2-6-18-12-14/h1-6,11-12H,7-10,13,17H2. The van der Waals surface area contributed by atoms with Crippen LogP contribution < -0.4 is 10.6 Å². The minimum Gasteiger partial charge on any atom is -0.399 e. The van der Waals surface area contributed by atoms with Gasteiger partial charge in [-0.25, -0.2) is 0 Å². The van der Waals surface area contributed by atoms with Crippen LogP contribution in [0.3, 0.4) is 0 Å². The smallest absolute Gasteiger partial charge is 0.0387 e. The second-order valence-corrected chi connectivity index (χ2v) is 5.22. The van der Waals surface area contributed by atoms with Gasteiger partial charge in [0.2, 0.25) is 0 Å². The zero-order valence-electron chi connectivity index (χ0n) is 11.6. The van der Waals surface area contributed by atoms with Crippen molar-refractivity contribution in [3.05, 3.63) is 54.4 Å². The van der Waals surface area contributed by atoms with E-state index in [2.05, 4.69) is 33.0 Å². The second kappa shape index (κ2) is 5.92. The van der Waals surface area contributed by atoms with E-state index in [0.29, 0.717) is 0 Å². The lowest BCUT2D eigenvalue weighted by molar-refractivity contribution is 0.249. The van der Waals surface area contributed by atoms with E-state index >= 15 is 0 Å². The first-order valence-electron chi connectivity index (χ1n) is 7.03. The van der Waals surface area contributed by atoms with Crippen molar-refractivity contribution >= 4 is 11.4 Å². The molecule has 0 atom stereocenters. The van der Waals surface area contributed by atoms with E-state index in [1.54, 1.807) is 0 Å². The predicted octanol–water partition coefficient (Wildman–Crippen LogP) is 1.99. The molecule has 0 radical (unpaired) electrons. The number of anilines is 2. The first kappa shape index (κ1) is 12.9. The average molecular weight is 268 g/mol. The number of pyridine rings is 1. The average Bonchev–Trinajstić information content (AvgIpc) is 2.49. The lowest BCUT2D eigenvalue weighted by Crippen LogP contribution is -2.45. The van der Waals surface area contributed by atoms with Gasteiger partial charge in [0.25, 0.3) is 0 Å². The molecule has 2 aromatic rings. The van der Waals surface area contributed by atoms with Gasteiger partial charge in [0.05, 0.1) is 0 Å². The molecule has 1 saturated heterocycles. The van der Waals surface area contributed by atoms with Crippen LogP contribution in [0.25, 0.3) is 0 Å². The minimum absolute atomic E-state index is 0.834. The van der Waals surface area contributed by atoms with Gasteiger partial charge in [-0.1, -0.05) is 12.1 Å². The normalized spacial score (nSPS) is 16.3. The maximum Gasteiger partial charge on any atom is 0.0387 e. The molecule has 104 valence electrons. The van der Waals surface area contributed by atoms with Crippen molar-refractivity contribution in [2.75, 3.05) is 36.8 Å². The number of aromatic nitrogens is 1. The van der Waals surface area contributed by atoms with Crippen LogP contribution in [0.5, 0.6) is 0 Å². The van der Waals surface area contributed by atoms with Gasteiger partial charge in [0.15, 0.2) is 0 Å².